The van der Waals surface area contributed by atoms with Crippen molar-refractivity contribution in [2.24, 2.45) is 0 Å². The number of aromatic nitrogens is 4. The first kappa shape index (κ1) is 23.5. The molecule has 0 bridgehead atoms. The van der Waals surface area contributed by atoms with Crippen molar-refractivity contribution in [3.63, 3.8) is 0 Å². The van der Waals surface area contributed by atoms with Gasteiger partial charge in [-0.3, -0.25) is 4.79 Å². The first-order valence-corrected chi connectivity index (χ1v) is 12.0. The lowest BCUT2D eigenvalue weighted by Crippen LogP contribution is -2.24. The topological polar surface area (TPSA) is 102 Å². The van der Waals surface area contributed by atoms with E-state index in [0.29, 0.717) is 23.0 Å². The highest BCUT2D eigenvalue weighted by atomic mass is 16.6. The number of aromatic amines is 1. The summed E-state index contributed by atoms with van der Waals surface area (Å²) < 4.78 is 11.8. The Bertz CT molecular complexity index is 1080. The highest BCUT2D eigenvalue weighted by Crippen LogP contribution is 2.41. The van der Waals surface area contributed by atoms with Gasteiger partial charge in [-0.15, -0.1) is 10.2 Å². The Balaban J connectivity index is 1.30. The molecule has 1 aliphatic heterocycles. The Hall–Kier alpha value is -3.68. The van der Waals surface area contributed by atoms with E-state index in [0.717, 1.165) is 12.0 Å². The van der Waals surface area contributed by atoms with E-state index in [1.807, 2.05) is 12.1 Å². The molecule has 0 saturated carbocycles. The largest absolute Gasteiger partial charge is 0.485 e. The number of nitrogens with one attached hydrogen (secondary N) is 2. The minimum Gasteiger partial charge on any atom is -0.485 e. The van der Waals surface area contributed by atoms with Crippen LogP contribution >= 0.6 is 0 Å². The quantitative estimate of drug-likeness (QED) is 0.298. The molecule has 8 heteroatoms. The lowest BCUT2D eigenvalue weighted by atomic mass is 10.0. The van der Waals surface area contributed by atoms with Crippen LogP contribution in [-0.2, 0) is 11.2 Å². The third kappa shape index (κ3) is 6.43. The number of aryl methyl sites for hydroxylation is 1. The minimum absolute atomic E-state index is 0.255. The van der Waals surface area contributed by atoms with Gasteiger partial charge in [0.2, 0.25) is 11.7 Å². The van der Waals surface area contributed by atoms with Crippen LogP contribution in [0.25, 0.3) is 6.08 Å². The van der Waals surface area contributed by atoms with Crippen molar-refractivity contribution in [1.82, 2.24) is 20.6 Å². The van der Waals surface area contributed by atoms with Crippen LogP contribution < -0.4 is 14.8 Å². The number of carbonyl (C=O) groups is 1. The summed E-state index contributed by atoms with van der Waals surface area (Å²) >= 11 is 0. The second kappa shape index (κ2) is 12.0. The number of carbonyl (C=O) groups excluding carboxylic acids is 1. The zero-order chi connectivity index (χ0) is 23.6. The van der Waals surface area contributed by atoms with E-state index in [2.05, 4.69) is 45.0 Å². The van der Waals surface area contributed by atoms with Gasteiger partial charge in [0.05, 0.1) is 5.69 Å². The number of hydrogen-bond donors (Lipinski definition) is 2. The number of H-pyrrole nitrogens is 1. The third-order valence-electron chi connectivity index (χ3n) is 5.76. The lowest BCUT2D eigenvalue weighted by molar-refractivity contribution is -0.111. The highest BCUT2D eigenvalue weighted by molar-refractivity contribution is 6.03. The first-order chi connectivity index (χ1) is 16.7. The van der Waals surface area contributed by atoms with Gasteiger partial charge in [-0.05, 0) is 42.2 Å². The fraction of sp³-hybridized carbons (Fsp3) is 0.385. The molecule has 1 atom stereocenters. The summed E-state index contributed by atoms with van der Waals surface area (Å²) in [5.41, 5.74) is 2.84. The molecule has 3 aromatic rings. The predicted molar refractivity (Wildman–Crippen MR) is 131 cm³/mol. The Kier molecular flexibility index (Phi) is 8.27. The number of tetrazole rings is 1. The highest BCUT2D eigenvalue weighted by Gasteiger charge is 2.28. The predicted octanol–water partition coefficient (Wildman–Crippen LogP) is 5.27. The molecular weight excluding hydrogens is 430 g/mol. The molecule has 34 heavy (non-hydrogen) atoms. The van der Waals surface area contributed by atoms with Gasteiger partial charge in [-0.2, -0.15) is 5.21 Å². The molecule has 4 rings (SSSR count). The number of benzene rings is 2. The van der Waals surface area contributed by atoms with E-state index in [-0.39, 0.29) is 12.5 Å². The average Bonchev–Trinajstić information content (AvgIpc) is 3.41. The Labute approximate surface area is 199 Å². The van der Waals surface area contributed by atoms with Crippen LogP contribution in [0.3, 0.4) is 0 Å². The van der Waals surface area contributed by atoms with Crippen LogP contribution in [0.1, 0.15) is 68.5 Å². The Morgan fingerprint density at radius 3 is 2.74 bits per heavy atom. The van der Waals surface area contributed by atoms with Crippen molar-refractivity contribution in [3.05, 3.63) is 65.5 Å². The van der Waals surface area contributed by atoms with Gasteiger partial charge in [-0.25, -0.2) is 0 Å². The van der Waals surface area contributed by atoms with E-state index in [1.165, 1.54) is 50.2 Å². The fourth-order valence-corrected chi connectivity index (χ4v) is 3.88. The van der Waals surface area contributed by atoms with Gasteiger partial charge >= 0.3 is 0 Å². The summed E-state index contributed by atoms with van der Waals surface area (Å²) in [5, 5.41) is 16.7. The molecule has 2 heterocycles. The Morgan fingerprint density at radius 2 is 1.94 bits per heavy atom. The molecule has 1 unspecified atom stereocenters. The number of anilines is 1. The van der Waals surface area contributed by atoms with Crippen LogP contribution in [0.4, 0.5) is 5.69 Å². The number of hydrogen-bond acceptors (Lipinski definition) is 6. The number of rotatable bonds is 11. The van der Waals surface area contributed by atoms with E-state index < -0.39 is 6.10 Å². The molecular formula is C26H31N5O3. The zero-order valence-corrected chi connectivity index (χ0v) is 19.5. The smallest absolute Gasteiger partial charge is 0.248 e. The van der Waals surface area contributed by atoms with Gasteiger partial charge in [0.15, 0.2) is 17.6 Å². The summed E-state index contributed by atoms with van der Waals surface area (Å²) in [4.78, 5) is 12.6. The summed E-state index contributed by atoms with van der Waals surface area (Å²) in [7, 11) is 0. The van der Waals surface area contributed by atoms with Gasteiger partial charge < -0.3 is 14.8 Å². The maximum atomic E-state index is 12.6. The maximum absolute atomic E-state index is 12.6. The van der Waals surface area contributed by atoms with Crippen LogP contribution in [-0.4, -0.2) is 33.1 Å². The molecule has 1 amide bonds. The summed E-state index contributed by atoms with van der Waals surface area (Å²) in [6.45, 7) is 2.50. The summed E-state index contributed by atoms with van der Waals surface area (Å²) in [6.07, 6.45) is 11.7. The molecule has 0 radical (unpaired) electrons. The molecule has 1 aliphatic rings. The van der Waals surface area contributed by atoms with Crippen molar-refractivity contribution in [3.8, 4) is 11.5 Å². The maximum Gasteiger partial charge on any atom is 0.248 e. The number of nitrogens with zero attached hydrogens (tertiary/aromatic N) is 3. The van der Waals surface area contributed by atoms with Crippen LogP contribution in [0.15, 0.2) is 48.5 Å². The molecule has 2 aromatic carbocycles. The molecule has 2 N–H and O–H groups in total. The number of amides is 1. The SMILES string of the molecule is CCCCCCCCc1ccc(/C=C/C(=O)Nc2cccc3c2OC(c2nn[nH]n2)CO3)cc1. The molecule has 0 aliphatic carbocycles. The van der Waals surface area contributed by atoms with Crippen LogP contribution in [0, 0.1) is 0 Å². The molecule has 0 spiro atoms. The van der Waals surface area contributed by atoms with E-state index in [1.54, 1.807) is 24.3 Å². The van der Waals surface area contributed by atoms with E-state index in [9.17, 15) is 4.79 Å². The van der Waals surface area contributed by atoms with E-state index >= 15 is 0 Å². The standard InChI is InChI=1S/C26H31N5O3/c1-2-3-4-5-6-7-9-19-12-14-20(15-13-19)16-17-24(32)27-21-10-8-11-22-25(21)34-23(18-33-22)26-28-30-31-29-26/h8,10-17,23H,2-7,9,18H2,1H3,(H,27,32)(H,28,29,30,31)/b17-16+. The third-order valence-corrected chi connectivity index (χ3v) is 5.76. The van der Waals surface area contributed by atoms with Gasteiger partial charge in [0.25, 0.3) is 0 Å². The monoisotopic (exact) mass is 461 g/mol. The number of ether oxygens (including phenoxy) is 2. The molecule has 1 aromatic heterocycles. The number of unbranched alkanes of at least 4 members (excludes halogenated alkanes) is 5. The first-order valence-electron chi connectivity index (χ1n) is 12.0. The van der Waals surface area contributed by atoms with Crippen molar-refractivity contribution in [2.45, 2.75) is 58.0 Å². The molecule has 8 nitrogen and oxygen atoms in total. The average molecular weight is 462 g/mol. The minimum atomic E-state index is -0.505. The second-order valence-electron chi connectivity index (χ2n) is 8.40. The van der Waals surface area contributed by atoms with Gasteiger partial charge in [-0.1, -0.05) is 74.6 Å². The van der Waals surface area contributed by atoms with Gasteiger partial charge in [0.1, 0.15) is 6.61 Å². The number of fused-ring (bicyclic) bond motifs is 1. The summed E-state index contributed by atoms with van der Waals surface area (Å²) in [5.74, 6) is 1.15. The number of para-hydroxylation sites is 1. The zero-order valence-electron chi connectivity index (χ0n) is 19.5. The van der Waals surface area contributed by atoms with Crippen molar-refractivity contribution >= 4 is 17.7 Å². The fourth-order valence-electron chi connectivity index (χ4n) is 3.88. The Morgan fingerprint density at radius 1 is 1.12 bits per heavy atom. The van der Waals surface area contributed by atoms with Crippen LogP contribution in [0.2, 0.25) is 0 Å². The molecule has 178 valence electrons. The lowest BCUT2D eigenvalue weighted by Gasteiger charge is -2.26. The normalized spacial score (nSPS) is 14.9. The molecule has 0 fully saturated rings. The molecule has 0 saturated heterocycles. The second-order valence-corrected chi connectivity index (χ2v) is 8.40. The van der Waals surface area contributed by atoms with Crippen molar-refractivity contribution < 1.29 is 14.3 Å². The summed E-state index contributed by atoms with van der Waals surface area (Å²) in [6, 6.07) is 13.7. The van der Waals surface area contributed by atoms with Crippen molar-refractivity contribution in [1.29, 1.82) is 0 Å². The van der Waals surface area contributed by atoms with E-state index in [4.69, 9.17) is 9.47 Å². The van der Waals surface area contributed by atoms with Crippen molar-refractivity contribution in [2.75, 3.05) is 11.9 Å². The van der Waals surface area contributed by atoms with Crippen LogP contribution in [0.5, 0.6) is 11.5 Å². The van der Waals surface area contributed by atoms with Gasteiger partial charge in [0, 0.05) is 6.08 Å².